The predicted octanol–water partition coefficient (Wildman–Crippen LogP) is 3.17. The van der Waals surface area contributed by atoms with Crippen molar-refractivity contribution in [3.63, 3.8) is 0 Å². The third-order valence-electron chi connectivity index (χ3n) is 5.73. The fourth-order valence-corrected chi connectivity index (χ4v) is 3.77. The van der Waals surface area contributed by atoms with Crippen molar-refractivity contribution in [3.05, 3.63) is 65.2 Å². The molecule has 1 fully saturated rings. The summed E-state index contributed by atoms with van der Waals surface area (Å²) in [6.45, 7) is 9.16. The third-order valence-corrected chi connectivity index (χ3v) is 5.73. The van der Waals surface area contributed by atoms with Crippen molar-refractivity contribution < 1.29 is 14.3 Å². The maximum absolute atomic E-state index is 12.4. The van der Waals surface area contributed by atoms with Gasteiger partial charge in [-0.25, -0.2) is 0 Å². The van der Waals surface area contributed by atoms with E-state index in [9.17, 15) is 4.79 Å². The lowest BCUT2D eigenvalue weighted by atomic mass is 10.1. The van der Waals surface area contributed by atoms with Crippen LogP contribution in [-0.4, -0.2) is 62.7 Å². The Morgan fingerprint density at radius 1 is 1.00 bits per heavy atom. The van der Waals surface area contributed by atoms with Gasteiger partial charge in [0.25, 0.3) is 0 Å². The molecule has 1 aliphatic heterocycles. The highest BCUT2D eigenvalue weighted by atomic mass is 16.5. The van der Waals surface area contributed by atoms with Gasteiger partial charge in [0.15, 0.2) is 0 Å². The van der Waals surface area contributed by atoms with E-state index < -0.39 is 0 Å². The zero-order valence-electron chi connectivity index (χ0n) is 18.8. The van der Waals surface area contributed by atoms with Crippen LogP contribution >= 0.6 is 0 Å². The van der Waals surface area contributed by atoms with Gasteiger partial charge in [-0.3, -0.25) is 9.69 Å². The lowest BCUT2D eigenvalue weighted by Crippen LogP contribution is -2.45. The number of carbonyl (C=O) groups is 1. The first-order chi connectivity index (χ1) is 15.1. The number of likely N-dealkylation sites (N-methyl/N-ethyl adjacent to an activating group) is 1. The molecule has 0 saturated carbocycles. The van der Waals surface area contributed by atoms with E-state index in [2.05, 4.69) is 40.2 Å². The minimum absolute atomic E-state index is 0.142. The molecule has 31 heavy (non-hydrogen) atoms. The number of carbonyl (C=O) groups excluding carboxylic acids is 1. The quantitative estimate of drug-likeness (QED) is 0.628. The number of methoxy groups -OCH3 is 2. The lowest BCUT2D eigenvalue weighted by Gasteiger charge is -2.34. The molecular formula is C25H33N3O3. The maximum atomic E-state index is 12.4. The number of nitrogens with zero attached hydrogens (tertiary/aromatic N) is 2. The number of nitrogens with one attached hydrogen (secondary N) is 1. The number of hydrogen-bond acceptors (Lipinski definition) is 5. The van der Waals surface area contributed by atoms with Crippen molar-refractivity contribution in [1.82, 2.24) is 15.1 Å². The molecule has 6 heteroatoms. The number of ether oxygens (including phenoxy) is 2. The van der Waals surface area contributed by atoms with Crippen LogP contribution < -0.4 is 14.8 Å². The molecule has 2 aromatic carbocycles. The van der Waals surface area contributed by atoms with Crippen LogP contribution in [-0.2, 0) is 17.9 Å². The van der Waals surface area contributed by atoms with Gasteiger partial charge in [0, 0.05) is 50.9 Å². The zero-order valence-corrected chi connectivity index (χ0v) is 18.8. The SMILES string of the molecule is CCN1CCN(Cc2ccccc2CNC(=O)C=Cc2cc(OC)ccc2OC)CC1. The summed E-state index contributed by atoms with van der Waals surface area (Å²) in [7, 11) is 3.22. The first kappa shape index (κ1) is 22.8. The summed E-state index contributed by atoms with van der Waals surface area (Å²) in [4.78, 5) is 17.4. The highest BCUT2D eigenvalue weighted by molar-refractivity contribution is 5.92. The molecule has 1 amide bonds. The average Bonchev–Trinajstić information content (AvgIpc) is 2.82. The van der Waals surface area contributed by atoms with Crippen LogP contribution in [0.4, 0.5) is 0 Å². The van der Waals surface area contributed by atoms with Gasteiger partial charge in [0.05, 0.1) is 14.2 Å². The molecule has 0 radical (unpaired) electrons. The summed E-state index contributed by atoms with van der Waals surface area (Å²) in [5, 5.41) is 3.00. The van der Waals surface area contributed by atoms with Gasteiger partial charge in [0.1, 0.15) is 11.5 Å². The van der Waals surface area contributed by atoms with Gasteiger partial charge < -0.3 is 19.7 Å². The van der Waals surface area contributed by atoms with Crippen LogP contribution in [0.25, 0.3) is 6.08 Å². The summed E-state index contributed by atoms with van der Waals surface area (Å²) >= 11 is 0. The summed E-state index contributed by atoms with van der Waals surface area (Å²) in [5.74, 6) is 1.27. The fourth-order valence-electron chi connectivity index (χ4n) is 3.77. The highest BCUT2D eigenvalue weighted by Gasteiger charge is 2.16. The maximum Gasteiger partial charge on any atom is 0.244 e. The van der Waals surface area contributed by atoms with E-state index >= 15 is 0 Å². The normalized spacial score (nSPS) is 15.2. The number of piperazine rings is 1. The summed E-state index contributed by atoms with van der Waals surface area (Å²) in [5.41, 5.74) is 3.22. The van der Waals surface area contributed by atoms with Gasteiger partial charge in [0.2, 0.25) is 5.91 Å². The van der Waals surface area contributed by atoms with Crippen molar-refractivity contribution in [1.29, 1.82) is 0 Å². The first-order valence-electron chi connectivity index (χ1n) is 10.8. The van der Waals surface area contributed by atoms with E-state index in [-0.39, 0.29) is 5.91 Å². The minimum atomic E-state index is -0.142. The molecule has 0 spiro atoms. The molecule has 2 aromatic rings. The largest absolute Gasteiger partial charge is 0.497 e. The molecule has 0 aliphatic carbocycles. The molecule has 0 atom stereocenters. The van der Waals surface area contributed by atoms with Crippen LogP contribution in [0.1, 0.15) is 23.6 Å². The van der Waals surface area contributed by atoms with Gasteiger partial charge in [-0.1, -0.05) is 31.2 Å². The van der Waals surface area contributed by atoms with Crippen LogP contribution in [0.3, 0.4) is 0 Å². The Kier molecular flexibility index (Phi) is 8.50. The monoisotopic (exact) mass is 423 g/mol. The molecule has 0 bridgehead atoms. The van der Waals surface area contributed by atoms with Crippen molar-refractivity contribution in [3.8, 4) is 11.5 Å². The molecular weight excluding hydrogens is 390 g/mol. The van der Waals surface area contributed by atoms with Gasteiger partial charge in [-0.2, -0.15) is 0 Å². The molecule has 6 nitrogen and oxygen atoms in total. The average molecular weight is 424 g/mol. The molecule has 166 valence electrons. The molecule has 0 aromatic heterocycles. The van der Waals surface area contributed by atoms with Gasteiger partial charge in [-0.05, 0) is 41.9 Å². The molecule has 1 heterocycles. The number of rotatable bonds is 9. The van der Waals surface area contributed by atoms with Crippen LogP contribution in [0.2, 0.25) is 0 Å². The fraction of sp³-hybridized carbons (Fsp3) is 0.400. The molecule has 1 saturated heterocycles. The van der Waals surface area contributed by atoms with Crippen molar-refractivity contribution in [2.75, 3.05) is 46.9 Å². The summed E-state index contributed by atoms with van der Waals surface area (Å²) < 4.78 is 10.6. The van der Waals surface area contributed by atoms with E-state index in [1.165, 1.54) is 11.6 Å². The van der Waals surface area contributed by atoms with E-state index in [0.717, 1.165) is 56.1 Å². The molecule has 1 N–H and O–H groups in total. The van der Waals surface area contributed by atoms with Crippen LogP contribution in [0.15, 0.2) is 48.5 Å². The first-order valence-corrected chi connectivity index (χ1v) is 10.8. The summed E-state index contributed by atoms with van der Waals surface area (Å²) in [6.07, 6.45) is 3.28. The molecule has 1 aliphatic rings. The summed E-state index contributed by atoms with van der Waals surface area (Å²) in [6, 6.07) is 13.8. The molecule has 0 unspecified atom stereocenters. The van der Waals surface area contributed by atoms with Gasteiger partial charge in [-0.15, -0.1) is 0 Å². The van der Waals surface area contributed by atoms with E-state index in [1.807, 2.05) is 24.3 Å². The Hall–Kier alpha value is -2.83. The van der Waals surface area contributed by atoms with E-state index in [4.69, 9.17) is 9.47 Å². The number of hydrogen-bond donors (Lipinski definition) is 1. The Morgan fingerprint density at radius 2 is 1.71 bits per heavy atom. The lowest BCUT2D eigenvalue weighted by molar-refractivity contribution is -0.116. The van der Waals surface area contributed by atoms with Crippen molar-refractivity contribution in [2.45, 2.75) is 20.0 Å². The third kappa shape index (κ3) is 6.57. The standard InChI is InChI=1S/C25H33N3O3/c1-4-27-13-15-28(16-14-27)19-22-8-6-5-7-21(22)18-26-25(29)12-9-20-17-23(30-2)10-11-24(20)31-3/h5-12,17H,4,13-16,18-19H2,1-3H3,(H,26,29). The molecule has 3 rings (SSSR count). The highest BCUT2D eigenvalue weighted by Crippen LogP contribution is 2.25. The van der Waals surface area contributed by atoms with Crippen molar-refractivity contribution >= 4 is 12.0 Å². The Balaban J connectivity index is 1.58. The van der Waals surface area contributed by atoms with Crippen LogP contribution in [0, 0.1) is 0 Å². The van der Waals surface area contributed by atoms with E-state index in [0.29, 0.717) is 12.3 Å². The number of amides is 1. The second kappa shape index (κ2) is 11.5. The minimum Gasteiger partial charge on any atom is -0.497 e. The van der Waals surface area contributed by atoms with E-state index in [1.54, 1.807) is 20.3 Å². The number of benzene rings is 2. The van der Waals surface area contributed by atoms with Gasteiger partial charge >= 0.3 is 0 Å². The zero-order chi connectivity index (χ0) is 22.1. The Morgan fingerprint density at radius 3 is 2.39 bits per heavy atom. The Bertz CT molecular complexity index is 889. The van der Waals surface area contributed by atoms with Crippen LogP contribution in [0.5, 0.6) is 11.5 Å². The topological polar surface area (TPSA) is 54.0 Å². The van der Waals surface area contributed by atoms with Crippen molar-refractivity contribution in [2.24, 2.45) is 0 Å². The smallest absolute Gasteiger partial charge is 0.244 e. The second-order valence-electron chi connectivity index (χ2n) is 7.64. The second-order valence-corrected chi connectivity index (χ2v) is 7.64. The Labute approximate surface area is 185 Å². The predicted molar refractivity (Wildman–Crippen MR) is 124 cm³/mol.